The lowest BCUT2D eigenvalue weighted by Gasteiger charge is -2.59. The first-order chi connectivity index (χ1) is 31.0. The van der Waals surface area contributed by atoms with E-state index in [1.165, 1.54) is 0 Å². The molecule has 0 bridgehead atoms. The molecule has 2 fully saturated rings. The summed E-state index contributed by atoms with van der Waals surface area (Å²) in [6, 6.07) is 14.8. The van der Waals surface area contributed by atoms with E-state index in [1.54, 1.807) is 17.1 Å². The highest BCUT2D eigenvalue weighted by molar-refractivity contribution is 6.03. The number of fused-ring (bicyclic) bond motifs is 2. The smallest absolute Gasteiger partial charge is 0.410 e. The summed E-state index contributed by atoms with van der Waals surface area (Å²) in [6.45, 7) is 9.68. The standard InChI is InChI=1S/C49H68N2O12/c1-3-25-58-38-19-20-43-41(33-38)46-39(17-9-12-23-53)37(16-8-11-22-52)32-40-42(50-63-45-18-10-13-27-59-45)34-44(49(62-43,47(40)46)61-26-4-2)51(21-28-56-29-24-54)48(55)60-31-30-57-35-36-14-6-5-7-15-36/h3-7,14-15,19-20,32-33,37,39,44-47,52-54H,1-2,8-13,16-18,21-31,34-35H2/t37-,39+,44-,45?,46+,47+,49+/m0/s1. The molecule has 3 N–H and O–H groups in total. The third-order valence-corrected chi connectivity index (χ3v) is 12.3. The maximum atomic E-state index is 14.7. The Morgan fingerprint density at radius 2 is 1.71 bits per heavy atom. The zero-order valence-corrected chi connectivity index (χ0v) is 36.7. The average molecular weight is 877 g/mol. The van der Waals surface area contributed by atoms with Gasteiger partial charge in [-0.3, -0.25) is 4.90 Å². The van der Waals surface area contributed by atoms with Crippen LogP contribution in [0, 0.1) is 17.8 Å². The summed E-state index contributed by atoms with van der Waals surface area (Å²) < 4.78 is 44.1. The average Bonchev–Trinajstić information content (AvgIpc) is 3.31. The molecule has 2 aromatic rings. The van der Waals surface area contributed by atoms with Crippen molar-refractivity contribution in [2.45, 2.75) is 94.9 Å². The van der Waals surface area contributed by atoms with Crippen LogP contribution in [0.25, 0.3) is 0 Å². The van der Waals surface area contributed by atoms with Crippen molar-refractivity contribution in [3.05, 3.63) is 96.6 Å². The summed E-state index contributed by atoms with van der Waals surface area (Å²) in [5.41, 5.74) is 3.51. The van der Waals surface area contributed by atoms with Gasteiger partial charge in [0.25, 0.3) is 0 Å². The number of carbonyl (C=O) groups excluding carboxylic acids is 1. The van der Waals surface area contributed by atoms with Gasteiger partial charge >= 0.3 is 6.09 Å². The maximum absolute atomic E-state index is 14.7. The van der Waals surface area contributed by atoms with E-state index in [0.717, 1.165) is 55.2 Å². The first kappa shape index (κ1) is 48.2. The Hall–Kier alpha value is -4.28. The molecule has 63 heavy (non-hydrogen) atoms. The summed E-state index contributed by atoms with van der Waals surface area (Å²) in [4.78, 5) is 22.5. The largest absolute Gasteiger partial charge is 0.490 e. The molecule has 2 aliphatic heterocycles. The van der Waals surface area contributed by atoms with E-state index in [2.05, 4.69) is 19.2 Å². The number of hydrogen-bond donors (Lipinski definition) is 3. The molecule has 1 saturated carbocycles. The van der Waals surface area contributed by atoms with Crippen LogP contribution in [0.3, 0.4) is 0 Å². The quantitative estimate of drug-likeness (QED) is 0.0475. The molecule has 1 unspecified atom stereocenters. The highest BCUT2D eigenvalue weighted by Crippen LogP contribution is 2.62. The molecule has 0 spiro atoms. The van der Waals surface area contributed by atoms with Gasteiger partial charge in [0.1, 0.15) is 30.8 Å². The Labute approximate surface area is 372 Å². The number of amides is 1. The predicted molar refractivity (Wildman–Crippen MR) is 237 cm³/mol. The van der Waals surface area contributed by atoms with Crippen LogP contribution in [0.15, 0.2) is 90.6 Å². The molecule has 346 valence electrons. The molecule has 2 heterocycles. The van der Waals surface area contributed by atoms with Crippen molar-refractivity contribution < 1.29 is 58.1 Å². The lowest BCUT2D eigenvalue weighted by atomic mass is 9.55. The Kier molecular flexibility index (Phi) is 19.3. The van der Waals surface area contributed by atoms with Gasteiger partial charge in [-0.1, -0.05) is 73.1 Å². The van der Waals surface area contributed by atoms with Crippen LogP contribution in [0.5, 0.6) is 11.5 Å². The molecule has 4 aliphatic rings. The highest BCUT2D eigenvalue weighted by atomic mass is 16.8. The summed E-state index contributed by atoms with van der Waals surface area (Å²) in [7, 11) is 0. The minimum atomic E-state index is -1.49. The van der Waals surface area contributed by atoms with Crippen molar-refractivity contribution in [1.82, 2.24) is 4.90 Å². The fourth-order valence-electron chi connectivity index (χ4n) is 9.55. The number of nitrogens with zero attached hydrogens (tertiary/aromatic N) is 2. The van der Waals surface area contributed by atoms with Crippen LogP contribution < -0.4 is 9.47 Å². The van der Waals surface area contributed by atoms with Crippen LogP contribution in [0.4, 0.5) is 4.79 Å². The normalized spacial score (nSPS) is 25.5. The Balaban J connectivity index is 1.48. The zero-order valence-electron chi connectivity index (χ0n) is 36.7. The minimum Gasteiger partial charge on any atom is -0.490 e. The second kappa shape index (κ2) is 25.3. The molecule has 2 aliphatic carbocycles. The lowest BCUT2D eigenvalue weighted by Crippen LogP contribution is -2.70. The van der Waals surface area contributed by atoms with E-state index in [0.29, 0.717) is 56.3 Å². The van der Waals surface area contributed by atoms with Crippen LogP contribution >= 0.6 is 0 Å². The molecule has 6 rings (SSSR count). The number of hydrogen-bond acceptors (Lipinski definition) is 13. The fourth-order valence-corrected chi connectivity index (χ4v) is 9.55. The number of benzene rings is 2. The van der Waals surface area contributed by atoms with Gasteiger partial charge in [0.15, 0.2) is 0 Å². The number of oxime groups is 1. The third-order valence-electron chi connectivity index (χ3n) is 12.3. The molecule has 14 heteroatoms. The van der Waals surface area contributed by atoms with E-state index in [4.69, 9.17) is 43.2 Å². The van der Waals surface area contributed by atoms with Crippen molar-refractivity contribution >= 4 is 11.8 Å². The zero-order chi connectivity index (χ0) is 44.3. The molecule has 2 aromatic carbocycles. The van der Waals surface area contributed by atoms with E-state index in [9.17, 15) is 20.1 Å². The summed E-state index contributed by atoms with van der Waals surface area (Å²) in [6.07, 6.45) is 11.8. The molecular weight excluding hydrogens is 809 g/mol. The topological polar surface area (TPSA) is 167 Å². The highest BCUT2D eigenvalue weighted by Gasteiger charge is 2.65. The SMILES string of the molecule is C=CCOc1ccc2c(c1)[C@H]1[C@H](CCCCO)[C@@H](CCCCO)C=C3C(=NOC4CCCCO4)C[C@H](N(CCOCCO)C(=O)OCCOCc4ccccc4)[C@@](OCC=C)(O2)[C@H]31. The molecule has 14 nitrogen and oxygen atoms in total. The fraction of sp³-hybridized carbons (Fsp3) is 0.592. The van der Waals surface area contributed by atoms with E-state index in [1.807, 2.05) is 48.5 Å². The van der Waals surface area contributed by atoms with Gasteiger partial charge < -0.3 is 53.3 Å². The van der Waals surface area contributed by atoms with Gasteiger partial charge in [0, 0.05) is 44.1 Å². The summed E-state index contributed by atoms with van der Waals surface area (Å²) in [5.74, 6) is -0.896. The van der Waals surface area contributed by atoms with Gasteiger partial charge in [-0.05, 0) is 79.7 Å². The number of carbonyl (C=O) groups is 1. The van der Waals surface area contributed by atoms with E-state index < -0.39 is 30.1 Å². The van der Waals surface area contributed by atoms with Crippen molar-refractivity contribution in [2.75, 3.05) is 72.6 Å². The number of aliphatic hydroxyl groups is 3. The molecule has 0 radical (unpaired) electrons. The van der Waals surface area contributed by atoms with Crippen molar-refractivity contribution in [3.8, 4) is 11.5 Å². The number of aliphatic hydroxyl groups excluding tert-OH is 3. The lowest BCUT2D eigenvalue weighted by molar-refractivity contribution is -0.256. The Morgan fingerprint density at radius 1 is 0.905 bits per heavy atom. The maximum Gasteiger partial charge on any atom is 0.410 e. The van der Waals surface area contributed by atoms with Gasteiger partial charge in [0.2, 0.25) is 12.1 Å². The van der Waals surface area contributed by atoms with Crippen molar-refractivity contribution in [1.29, 1.82) is 0 Å². The number of ether oxygens (including phenoxy) is 7. The van der Waals surface area contributed by atoms with Gasteiger partial charge in [-0.25, -0.2) is 4.79 Å². The number of rotatable bonds is 27. The monoisotopic (exact) mass is 876 g/mol. The van der Waals surface area contributed by atoms with Gasteiger partial charge in [-0.2, -0.15) is 0 Å². The molecular formula is C49H68N2O12. The van der Waals surface area contributed by atoms with Crippen LogP contribution in [0.1, 0.15) is 81.3 Å². The second-order valence-electron chi connectivity index (χ2n) is 16.5. The van der Waals surface area contributed by atoms with Crippen LogP contribution in [-0.4, -0.2) is 123 Å². The number of allylic oxidation sites excluding steroid dienone is 1. The summed E-state index contributed by atoms with van der Waals surface area (Å²) in [5, 5.41) is 34.4. The predicted octanol–water partition coefficient (Wildman–Crippen LogP) is 7.08. The van der Waals surface area contributed by atoms with Gasteiger partial charge in [-0.15, -0.1) is 6.58 Å². The number of unbranched alkanes of at least 4 members (excludes halogenated alkanes) is 2. The molecule has 0 aromatic heterocycles. The summed E-state index contributed by atoms with van der Waals surface area (Å²) >= 11 is 0. The molecule has 1 amide bonds. The van der Waals surface area contributed by atoms with Crippen LogP contribution in [-0.2, 0) is 35.1 Å². The minimum absolute atomic E-state index is 0.00713. The molecule has 1 saturated heterocycles. The van der Waals surface area contributed by atoms with E-state index >= 15 is 0 Å². The second-order valence-corrected chi connectivity index (χ2v) is 16.5. The van der Waals surface area contributed by atoms with Crippen molar-refractivity contribution in [3.63, 3.8) is 0 Å². The Bertz CT molecular complexity index is 1780. The van der Waals surface area contributed by atoms with Crippen LogP contribution in [0.2, 0.25) is 0 Å². The first-order valence-electron chi connectivity index (χ1n) is 22.8. The van der Waals surface area contributed by atoms with Crippen molar-refractivity contribution in [2.24, 2.45) is 22.9 Å². The van der Waals surface area contributed by atoms with E-state index in [-0.39, 0.29) is 83.6 Å². The first-order valence-corrected chi connectivity index (χ1v) is 22.8. The Morgan fingerprint density at radius 3 is 2.46 bits per heavy atom. The van der Waals surface area contributed by atoms with Gasteiger partial charge in [0.05, 0.1) is 57.9 Å². The third kappa shape index (κ3) is 12.5. The molecule has 7 atom stereocenters.